The van der Waals surface area contributed by atoms with Crippen molar-refractivity contribution < 1.29 is 23.9 Å². The molecule has 0 saturated carbocycles. The largest absolute Gasteiger partial charge is 0.497 e. The van der Waals surface area contributed by atoms with E-state index in [0.29, 0.717) is 29.9 Å². The number of methoxy groups -OCH3 is 1. The zero-order chi connectivity index (χ0) is 19.4. The van der Waals surface area contributed by atoms with Gasteiger partial charge in [0, 0.05) is 5.56 Å². The molecular formula is C21H21NO5. The van der Waals surface area contributed by atoms with Gasteiger partial charge in [0.15, 0.2) is 11.9 Å². The van der Waals surface area contributed by atoms with Crippen molar-refractivity contribution in [3.05, 3.63) is 59.7 Å². The molecule has 0 spiro atoms. The number of hydrogen-bond acceptors (Lipinski definition) is 5. The van der Waals surface area contributed by atoms with E-state index in [-0.39, 0.29) is 17.9 Å². The molecule has 1 unspecified atom stereocenters. The smallest absolute Gasteiger partial charge is 0.270 e. The highest BCUT2D eigenvalue weighted by atomic mass is 16.5. The average Bonchev–Trinajstić information content (AvgIpc) is 2.79. The summed E-state index contributed by atoms with van der Waals surface area (Å²) in [5.41, 5.74) is 0.689. The summed E-state index contributed by atoms with van der Waals surface area (Å²) < 4.78 is 10.9. The van der Waals surface area contributed by atoms with Crippen LogP contribution in [0.5, 0.6) is 11.5 Å². The summed E-state index contributed by atoms with van der Waals surface area (Å²) in [7, 11) is 1.54. The first-order chi connectivity index (χ1) is 13.0. The number of hydrogen-bond donors (Lipinski definition) is 0. The zero-order valence-corrected chi connectivity index (χ0v) is 15.3. The summed E-state index contributed by atoms with van der Waals surface area (Å²) in [6, 6.07) is 13.3. The standard InChI is InChI=1S/C21H21NO5/c1-3-6-19-21(25)22(20(24)16-7-4-5-8-18(16)27-19)13-17(23)14-9-11-15(26-2)12-10-14/h4-5,7-12,19H,3,6,13H2,1-2H3. The molecule has 6 nitrogen and oxygen atoms in total. The van der Waals surface area contributed by atoms with E-state index in [0.717, 1.165) is 4.90 Å². The summed E-state index contributed by atoms with van der Waals surface area (Å²) in [5, 5.41) is 0. The Labute approximate surface area is 157 Å². The quantitative estimate of drug-likeness (QED) is 0.579. The van der Waals surface area contributed by atoms with E-state index >= 15 is 0 Å². The van der Waals surface area contributed by atoms with E-state index in [1.165, 1.54) is 7.11 Å². The maximum atomic E-state index is 12.9. The minimum absolute atomic E-state index is 0.284. The van der Waals surface area contributed by atoms with E-state index in [1.807, 2.05) is 6.92 Å². The Kier molecular flexibility index (Phi) is 5.54. The maximum Gasteiger partial charge on any atom is 0.270 e. The number of benzene rings is 2. The Bertz CT molecular complexity index is 859. The number of fused-ring (bicyclic) bond motifs is 1. The van der Waals surface area contributed by atoms with E-state index in [2.05, 4.69) is 0 Å². The number of ketones is 1. The van der Waals surface area contributed by atoms with Crippen molar-refractivity contribution in [3.8, 4) is 11.5 Å². The fourth-order valence-electron chi connectivity index (χ4n) is 2.98. The molecule has 1 heterocycles. The van der Waals surface area contributed by atoms with Crippen molar-refractivity contribution in [2.45, 2.75) is 25.9 Å². The Hall–Kier alpha value is -3.15. The lowest BCUT2D eigenvalue weighted by molar-refractivity contribution is -0.135. The lowest BCUT2D eigenvalue weighted by atomic mass is 10.1. The van der Waals surface area contributed by atoms with Crippen LogP contribution in [-0.4, -0.2) is 42.3 Å². The predicted molar refractivity (Wildman–Crippen MR) is 99.1 cm³/mol. The molecule has 2 aromatic carbocycles. The van der Waals surface area contributed by atoms with Gasteiger partial charge in [-0.05, 0) is 42.8 Å². The van der Waals surface area contributed by atoms with Crippen molar-refractivity contribution in [2.75, 3.05) is 13.7 Å². The van der Waals surface area contributed by atoms with Gasteiger partial charge < -0.3 is 9.47 Å². The Morgan fingerprint density at radius 3 is 2.48 bits per heavy atom. The number of ether oxygens (including phenoxy) is 2. The normalized spacial score (nSPS) is 16.4. The highest BCUT2D eigenvalue weighted by Crippen LogP contribution is 2.27. The summed E-state index contributed by atoms with van der Waals surface area (Å²) in [5.74, 6) is -0.336. The molecule has 1 aliphatic heterocycles. The summed E-state index contributed by atoms with van der Waals surface area (Å²) in [6.45, 7) is 1.60. The monoisotopic (exact) mass is 367 g/mol. The molecule has 3 rings (SSSR count). The van der Waals surface area contributed by atoms with Crippen LogP contribution in [0, 0.1) is 0 Å². The molecule has 27 heavy (non-hydrogen) atoms. The molecule has 140 valence electrons. The molecule has 0 aliphatic carbocycles. The van der Waals surface area contributed by atoms with Gasteiger partial charge in [0.25, 0.3) is 11.8 Å². The molecule has 2 aromatic rings. The molecule has 0 fully saturated rings. The van der Waals surface area contributed by atoms with Gasteiger partial charge in [-0.2, -0.15) is 0 Å². The van der Waals surface area contributed by atoms with Crippen LogP contribution in [0.2, 0.25) is 0 Å². The van der Waals surface area contributed by atoms with Gasteiger partial charge in [-0.1, -0.05) is 25.5 Å². The number of nitrogens with zero attached hydrogens (tertiary/aromatic N) is 1. The number of para-hydroxylation sites is 1. The first kappa shape index (κ1) is 18.6. The molecule has 1 atom stereocenters. The highest BCUT2D eigenvalue weighted by molar-refractivity contribution is 6.12. The third-order valence-corrected chi connectivity index (χ3v) is 4.44. The van der Waals surface area contributed by atoms with Crippen molar-refractivity contribution >= 4 is 17.6 Å². The lowest BCUT2D eigenvalue weighted by Gasteiger charge is -2.21. The molecule has 2 amide bonds. The van der Waals surface area contributed by atoms with Crippen LogP contribution >= 0.6 is 0 Å². The van der Waals surface area contributed by atoms with E-state index in [1.54, 1.807) is 48.5 Å². The third-order valence-electron chi connectivity index (χ3n) is 4.44. The summed E-state index contributed by atoms with van der Waals surface area (Å²) in [6.07, 6.45) is 0.395. The number of imide groups is 1. The van der Waals surface area contributed by atoms with Crippen LogP contribution in [0.15, 0.2) is 48.5 Å². The van der Waals surface area contributed by atoms with Crippen molar-refractivity contribution in [2.24, 2.45) is 0 Å². The van der Waals surface area contributed by atoms with Crippen molar-refractivity contribution in [1.29, 1.82) is 0 Å². The van der Waals surface area contributed by atoms with Crippen LogP contribution in [0.25, 0.3) is 0 Å². The fourth-order valence-corrected chi connectivity index (χ4v) is 2.98. The second-order valence-electron chi connectivity index (χ2n) is 6.27. The molecule has 0 aromatic heterocycles. The molecule has 0 saturated heterocycles. The van der Waals surface area contributed by atoms with Crippen LogP contribution in [-0.2, 0) is 4.79 Å². The van der Waals surface area contributed by atoms with Crippen molar-refractivity contribution in [3.63, 3.8) is 0 Å². The van der Waals surface area contributed by atoms with Gasteiger partial charge in [-0.15, -0.1) is 0 Å². The number of amides is 2. The van der Waals surface area contributed by atoms with Crippen molar-refractivity contribution in [1.82, 2.24) is 4.90 Å². The average molecular weight is 367 g/mol. The van der Waals surface area contributed by atoms with E-state index < -0.39 is 17.9 Å². The topological polar surface area (TPSA) is 72.9 Å². The fraction of sp³-hybridized carbons (Fsp3) is 0.286. The number of carbonyl (C=O) groups is 3. The minimum Gasteiger partial charge on any atom is -0.497 e. The van der Waals surface area contributed by atoms with Crippen LogP contribution in [0.4, 0.5) is 0 Å². The van der Waals surface area contributed by atoms with Gasteiger partial charge in [0.05, 0.1) is 19.2 Å². The predicted octanol–water partition coefficient (Wildman–Crippen LogP) is 3.11. The summed E-state index contributed by atoms with van der Waals surface area (Å²) >= 11 is 0. The van der Waals surface area contributed by atoms with Crippen LogP contribution in [0.1, 0.15) is 40.5 Å². The summed E-state index contributed by atoms with van der Waals surface area (Å²) in [4.78, 5) is 39.5. The molecule has 0 N–H and O–H groups in total. The first-order valence-corrected chi connectivity index (χ1v) is 8.83. The zero-order valence-electron chi connectivity index (χ0n) is 15.3. The Balaban J connectivity index is 1.90. The Morgan fingerprint density at radius 2 is 1.81 bits per heavy atom. The molecule has 1 aliphatic rings. The third kappa shape index (κ3) is 3.84. The Morgan fingerprint density at radius 1 is 1.11 bits per heavy atom. The van der Waals surface area contributed by atoms with Gasteiger partial charge in [-0.25, -0.2) is 0 Å². The first-order valence-electron chi connectivity index (χ1n) is 8.83. The SMILES string of the molecule is CCCC1Oc2ccccc2C(=O)N(CC(=O)c2ccc(OC)cc2)C1=O. The van der Waals surface area contributed by atoms with E-state index in [4.69, 9.17) is 9.47 Å². The van der Waals surface area contributed by atoms with Gasteiger partial charge in [-0.3, -0.25) is 19.3 Å². The lowest BCUT2D eigenvalue weighted by Crippen LogP contribution is -2.45. The van der Waals surface area contributed by atoms with Gasteiger partial charge in [0.2, 0.25) is 0 Å². The second-order valence-corrected chi connectivity index (χ2v) is 6.27. The van der Waals surface area contributed by atoms with E-state index in [9.17, 15) is 14.4 Å². The number of carbonyl (C=O) groups excluding carboxylic acids is 3. The van der Waals surface area contributed by atoms with Crippen LogP contribution in [0.3, 0.4) is 0 Å². The van der Waals surface area contributed by atoms with Crippen LogP contribution < -0.4 is 9.47 Å². The van der Waals surface area contributed by atoms with Gasteiger partial charge in [0.1, 0.15) is 11.5 Å². The number of Topliss-reactive ketones (excluding diaryl/α,β-unsaturated/α-hetero) is 1. The minimum atomic E-state index is -0.786. The number of rotatable bonds is 6. The van der Waals surface area contributed by atoms with Gasteiger partial charge >= 0.3 is 0 Å². The molecule has 6 heteroatoms. The maximum absolute atomic E-state index is 12.9. The molecule has 0 bridgehead atoms. The highest BCUT2D eigenvalue weighted by Gasteiger charge is 2.36. The second kappa shape index (κ2) is 8.03. The molecular weight excluding hydrogens is 346 g/mol. The molecule has 0 radical (unpaired) electrons.